The Hall–Kier alpha value is -1.07. The van der Waals surface area contributed by atoms with Gasteiger partial charge in [-0.15, -0.1) is 0 Å². The maximum absolute atomic E-state index is 11.1. The number of sulfone groups is 1. The fourth-order valence-corrected chi connectivity index (χ4v) is 1.61. The smallest absolute Gasteiger partial charge is 0.189 e. The predicted molar refractivity (Wildman–Crippen MR) is 56.7 cm³/mol. The van der Waals surface area contributed by atoms with Crippen LogP contribution in [0, 0.1) is 0 Å². The summed E-state index contributed by atoms with van der Waals surface area (Å²) in [5.74, 6) is 0.593. The van der Waals surface area contributed by atoms with Crippen LogP contribution in [0.3, 0.4) is 0 Å². The molecule has 1 rings (SSSR count). The maximum Gasteiger partial charge on any atom is 0.189 e. The molecule has 0 aliphatic heterocycles. The van der Waals surface area contributed by atoms with Gasteiger partial charge >= 0.3 is 0 Å². The summed E-state index contributed by atoms with van der Waals surface area (Å²) in [6.45, 7) is 2.63. The van der Waals surface area contributed by atoms with Gasteiger partial charge in [0.05, 0.1) is 4.90 Å². The number of benzene rings is 1. The lowest BCUT2D eigenvalue weighted by Crippen LogP contribution is -2.02. The van der Waals surface area contributed by atoms with Crippen molar-refractivity contribution >= 4 is 9.84 Å². The van der Waals surface area contributed by atoms with Gasteiger partial charge in [0.25, 0.3) is 0 Å². The third-order valence-corrected chi connectivity index (χ3v) is 2.89. The van der Waals surface area contributed by atoms with E-state index in [-0.39, 0.29) is 11.7 Å². The highest BCUT2D eigenvalue weighted by Gasteiger charge is 2.05. The molecule has 0 fully saturated rings. The summed E-state index contributed by atoms with van der Waals surface area (Å²) in [5, 5.41) is 0. The van der Waals surface area contributed by atoms with Crippen molar-refractivity contribution in [1.29, 1.82) is 0 Å². The van der Waals surface area contributed by atoms with Gasteiger partial charge in [0.2, 0.25) is 0 Å². The van der Waals surface area contributed by atoms with Gasteiger partial charge in [-0.25, -0.2) is 8.42 Å². The summed E-state index contributed by atoms with van der Waals surface area (Å²) in [5.41, 5.74) is 0. The van der Waals surface area contributed by atoms with E-state index in [2.05, 4.69) is 0 Å². The van der Waals surface area contributed by atoms with Crippen molar-refractivity contribution in [2.75, 3.05) is 19.7 Å². The van der Waals surface area contributed by atoms with E-state index in [9.17, 15) is 8.42 Å². The summed E-state index contributed by atoms with van der Waals surface area (Å²) < 4.78 is 32.5. The van der Waals surface area contributed by atoms with Gasteiger partial charge < -0.3 is 9.47 Å². The normalized spacial score (nSPS) is 11.3. The van der Waals surface area contributed by atoms with Crippen LogP contribution in [0.5, 0.6) is 5.75 Å². The minimum absolute atomic E-state index is 0.175. The molecule has 0 aromatic heterocycles. The molecule has 0 N–H and O–H groups in total. The van der Waals surface area contributed by atoms with Crippen LogP contribution < -0.4 is 4.74 Å². The minimum atomic E-state index is -3.13. The van der Waals surface area contributed by atoms with Crippen LogP contribution in [0.25, 0.3) is 0 Å². The topological polar surface area (TPSA) is 52.6 Å². The summed E-state index contributed by atoms with van der Waals surface area (Å²) in [4.78, 5) is 0.284. The molecule has 4 nitrogen and oxygen atoms in total. The molecule has 0 atom stereocenters. The Morgan fingerprint density at radius 1 is 1.20 bits per heavy atom. The Morgan fingerprint density at radius 2 is 1.80 bits per heavy atom. The molecule has 0 saturated carbocycles. The van der Waals surface area contributed by atoms with Crippen molar-refractivity contribution in [1.82, 2.24) is 0 Å². The van der Waals surface area contributed by atoms with Crippen molar-refractivity contribution in [2.24, 2.45) is 0 Å². The van der Waals surface area contributed by atoms with E-state index in [4.69, 9.17) is 9.47 Å². The highest BCUT2D eigenvalue weighted by atomic mass is 32.2. The zero-order chi connectivity index (χ0) is 11.3. The Labute approximate surface area is 89.7 Å². The van der Waals surface area contributed by atoms with Crippen LogP contribution >= 0.6 is 0 Å². The first-order chi connectivity index (χ1) is 7.04. The first-order valence-electron chi connectivity index (χ1n) is 4.54. The van der Waals surface area contributed by atoms with Gasteiger partial charge in [-0.3, -0.25) is 0 Å². The lowest BCUT2D eigenvalue weighted by atomic mass is 10.3. The highest BCUT2D eigenvalue weighted by Crippen LogP contribution is 2.15. The Balaban J connectivity index is 2.65. The van der Waals surface area contributed by atoms with Crippen LogP contribution in [-0.2, 0) is 14.6 Å². The third kappa shape index (κ3) is 3.89. The average molecular weight is 230 g/mol. The molecule has 0 radical (unpaired) electrons. The predicted octanol–water partition coefficient (Wildman–Crippen LogP) is 1.46. The van der Waals surface area contributed by atoms with E-state index in [1.807, 2.05) is 6.92 Å². The molecule has 0 unspecified atom stereocenters. The van der Waals surface area contributed by atoms with Gasteiger partial charge in [-0.1, -0.05) is 0 Å². The SMILES string of the molecule is CCOCOc1ccc(S(C)(=O)=O)cc1. The first-order valence-corrected chi connectivity index (χ1v) is 6.44. The molecule has 0 aliphatic rings. The lowest BCUT2D eigenvalue weighted by Gasteiger charge is -2.05. The summed E-state index contributed by atoms with van der Waals surface area (Å²) >= 11 is 0. The monoisotopic (exact) mass is 230 g/mol. The van der Waals surface area contributed by atoms with E-state index in [1.165, 1.54) is 18.4 Å². The van der Waals surface area contributed by atoms with Crippen molar-refractivity contribution in [3.8, 4) is 5.75 Å². The Bertz CT molecular complexity index is 394. The van der Waals surface area contributed by atoms with Crippen molar-refractivity contribution < 1.29 is 17.9 Å². The van der Waals surface area contributed by atoms with Gasteiger partial charge in [0, 0.05) is 12.9 Å². The zero-order valence-electron chi connectivity index (χ0n) is 8.76. The molecule has 15 heavy (non-hydrogen) atoms. The first kappa shape index (κ1) is 12.0. The standard InChI is InChI=1S/C10H14O4S/c1-3-13-8-14-9-4-6-10(7-5-9)15(2,11)12/h4-7H,3,8H2,1-2H3. The van der Waals surface area contributed by atoms with Gasteiger partial charge in [-0.2, -0.15) is 0 Å². The van der Waals surface area contributed by atoms with Gasteiger partial charge in [0.1, 0.15) is 5.75 Å². The van der Waals surface area contributed by atoms with E-state index in [1.54, 1.807) is 12.1 Å². The summed E-state index contributed by atoms with van der Waals surface area (Å²) in [6, 6.07) is 6.23. The Kier molecular flexibility index (Phi) is 4.11. The van der Waals surface area contributed by atoms with Crippen LogP contribution in [0.15, 0.2) is 29.2 Å². The van der Waals surface area contributed by atoms with E-state index in [0.717, 1.165) is 0 Å². The molecule has 1 aromatic carbocycles. The number of rotatable bonds is 5. The van der Waals surface area contributed by atoms with Crippen molar-refractivity contribution in [2.45, 2.75) is 11.8 Å². The van der Waals surface area contributed by atoms with Gasteiger partial charge in [0.15, 0.2) is 16.6 Å². The highest BCUT2D eigenvalue weighted by molar-refractivity contribution is 7.90. The molecule has 0 saturated heterocycles. The number of hydrogen-bond donors (Lipinski definition) is 0. The quantitative estimate of drug-likeness (QED) is 0.567. The van der Waals surface area contributed by atoms with E-state index in [0.29, 0.717) is 12.4 Å². The van der Waals surface area contributed by atoms with Crippen LogP contribution in [0.4, 0.5) is 0 Å². The molecule has 0 amide bonds. The third-order valence-electron chi connectivity index (χ3n) is 1.76. The minimum Gasteiger partial charge on any atom is -0.468 e. The zero-order valence-corrected chi connectivity index (χ0v) is 9.58. The molecule has 0 aliphatic carbocycles. The molecule has 0 bridgehead atoms. The van der Waals surface area contributed by atoms with Crippen molar-refractivity contribution in [3.63, 3.8) is 0 Å². The van der Waals surface area contributed by atoms with Crippen LogP contribution in [0.2, 0.25) is 0 Å². The fraction of sp³-hybridized carbons (Fsp3) is 0.400. The molecule has 5 heteroatoms. The summed E-state index contributed by atoms with van der Waals surface area (Å²) in [6.07, 6.45) is 1.17. The summed E-state index contributed by atoms with van der Waals surface area (Å²) in [7, 11) is -3.13. The number of hydrogen-bond acceptors (Lipinski definition) is 4. The molecular formula is C10H14O4S. The average Bonchev–Trinajstić information content (AvgIpc) is 2.18. The Morgan fingerprint density at radius 3 is 2.27 bits per heavy atom. The largest absolute Gasteiger partial charge is 0.468 e. The van der Waals surface area contributed by atoms with Gasteiger partial charge in [-0.05, 0) is 31.2 Å². The second kappa shape index (κ2) is 5.14. The maximum atomic E-state index is 11.1. The van der Waals surface area contributed by atoms with Crippen LogP contribution in [-0.4, -0.2) is 28.1 Å². The lowest BCUT2D eigenvalue weighted by molar-refractivity contribution is 0.0224. The molecule has 1 aromatic rings. The second-order valence-corrected chi connectivity index (χ2v) is 5.01. The molecule has 84 valence electrons. The second-order valence-electron chi connectivity index (χ2n) is 3.00. The molecule has 0 heterocycles. The van der Waals surface area contributed by atoms with Crippen molar-refractivity contribution in [3.05, 3.63) is 24.3 Å². The van der Waals surface area contributed by atoms with E-state index < -0.39 is 9.84 Å². The molecule has 0 spiro atoms. The number of ether oxygens (including phenoxy) is 2. The van der Waals surface area contributed by atoms with E-state index >= 15 is 0 Å². The van der Waals surface area contributed by atoms with Crippen LogP contribution in [0.1, 0.15) is 6.92 Å². The molecular weight excluding hydrogens is 216 g/mol. The fourth-order valence-electron chi connectivity index (χ4n) is 0.976.